The van der Waals surface area contributed by atoms with Crippen LogP contribution in [0.15, 0.2) is 35.3 Å². The molecule has 0 aliphatic heterocycles. The highest BCUT2D eigenvalue weighted by Gasteiger charge is 1.84. The van der Waals surface area contributed by atoms with Crippen molar-refractivity contribution in [3.05, 3.63) is 35.9 Å². The Bertz CT molecular complexity index is 307. The minimum absolute atomic E-state index is 0.435. The Hall–Kier alpha value is -1.91. The SMILES string of the molecule is CC#N.O=C=NCc1ccccc1. The van der Waals surface area contributed by atoms with Crippen molar-refractivity contribution in [2.24, 2.45) is 4.99 Å². The van der Waals surface area contributed by atoms with Gasteiger partial charge in [-0.3, -0.25) is 0 Å². The lowest BCUT2D eigenvalue weighted by Gasteiger charge is -1.89. The summed E-state index contributed by atoms with van der Waals surface area (Å²) < 4.78 is 0. The molecule has 0 spiro atoms. The van der Waals surface area contributed by atoms with Crippen LogP contribution >= 0.6 is 0 Å². The van der Waals surface area contributed by atoms with Gasteiger partial charge in [0.25, 0.3) is 0 Å². The van der Waals surface area contributed by atoms with Crippen molar-refractivity contribution in [2.45, 2.75) is 13.5 Å². The molecule has 1 aromatic rings. The maximum Gasteiger partial charge on any atom is 0.235 e. The normalized spacial score (nSPS) is 7.08. The van der Waals surface area contributed by atoms with Crippen molar-refractivity contribution in [3.8, 4) is 6.07 Å². The van der Waals surface area contributed by atoms with Gasteiger partial charge in [-0.05, 0) is 5.56 Å². The molecule has 0 heterocycles. The average Bonchev–Trinajstić information content (AvgIpc) is 2.18. The number of nitriles is 1. The van der Waals surface area contributed by atoms with Crippen LogP contribution in [0.2, 0.25) is 0 Å². The standard InChI is InChI=1S/C8H7NO.C2H3N/c10-7-9-6-8-4-2-1-3-5-8;1-2-3/h1-5H,6H2;1H3. The molecule has 1 rings (SSSR count). The van der Waals surface area contributed by atoms with E-state index < -0.39 is 0 Å². The second kappa shape index (κ2) is 8.19. The molecule has 0 aliphatic carbocycles. The van der Waals surface area contributed by atoms with Gasteiger partial charge >= 0.3 is 0 Å². The first-order valence-electron chi connectivity index (χ1n) is 3.73. The minimum Gasteiger partial charge on any atom is -0.211 e. The summed E-state index contributed by atoms with van der Waals surface area (Å²) in [4.78, 5) is 13.1. The van der Waals surface area contributed by atoms with Crippen LogP contribution in [0.25, 0.3) is 0 Å². The van der Waals surface area contributed by atoms with E-state index >= 15 is 0 Å². The zero-order valence-corrected chi connectivity index (χ0v) is 7.40. The summed E-state index contributed by atoms with van der Waals surface area (Å²) in [5.41, 5.74) is 1.03. The molecule has 66 valence electrons. The van der Waals surface area contributed by atoms with Crippen LogP contribution in [-0.4, -0.2) is 6.08 Å². The van der Waals surface area contributed by atoms with E-state index in [4.69, 9.17) is 5.26 Å². The number of rotatable bonds is 2. The van der Waals surface area contributed by atoms with Gasteiger partial charge < -0.3 is 0 Å². The molecule has 13 heavy (non-hydrogen) atoms. The Morgan fingerprint density at radius 1 is 1.38 bits per heavy atom. The molecular weight excluding hydrogens is 164 g/mol. The number of nitrogens with zero attached hydrogens (tertiary/aromatic N) is 2. The largest absolute Gasteiger partial charge is 0.235 e. The molecule has 0 saturated heterocycles. The van der Waals surface area contributed by atoms with Gasteiger partial charge in [0.05, 0.1) is 12.6 Å². The van der Waals surface area contributed by atoms with E-state index in [0.717, 1.165) is 5.56 Å². The fraction of sp³-hybridized carbons (Fsp3) is 0.200. The molecule has 0 radical (unpaired) electrons. The number of isocyanates is 1. The van der Waals surface area contributed by atoms with Crippen LogP contribution in [0, 0.1) is 11.3 Å². The van der Waals surface area contributed by atoms with Gasteiger partial charge in [0.1, 0.15) is 0 Å². The Balaban J connectivity index is 0.000000424. The van der Waals surface area contributed by atoms with E-state index in [9.17, 15) is 4.79 Å². The topological polar surface area (TPSA) is 53.2 Å². The number of benzene rings is 1. The number of hydrogen-bond acceptors (Lipinski definition) is 3. The van der Waals surface area contributed by atoms with Gasteiger partial charge in [0, 0.05) is 6.92 Å². The average molecular weight is 174 g/mol. The summed E-state index contributed by atoms with van der Waals surface area (Å²) in [7, 11) is 0. The minimum atomic E-state index is 0.435. The third-order valence-electron chi connectivity index (χ3n) is 1.17. The summed E-state index contributed by atoms with van der Waals surface area (Å²) in [5, 5.41) is 7.32. The molecule has 0 aliphatic rings. The summed E-state index contributed by atoms with van der Waals surface area (Å²) in [6, 6.07) is 11.3. The fourth-order valence-electron chi connectivity index (χ4n) is 0.707. The highest BCUT2D eigenvalue weighted by atomic mass is 16.1. The molecule has 0 unspecified atom stereocenters. The second-order valence-corrected chi connectivity index (χ2v) is 2.12. The van der Waals surface area contributed by atoms with E-state index in [0.29, 0.717) is 6.54 Å². The van der Waals surface area contributed by atoms with Crippen LogP contribution in [0.4, 0.5) is 0 Å². The number of carbonyl (C=O) groups excluding carboxylic acids is 1. The third-order valence-corrected chi connectivity index (χ3v) is 1.17. The summed E-state index contributed by atoms with van der Waals surface area (Å²) in [6.07, 6.45) is 1.49. The van der Waals surface area contributed by atoms with Crippen molar-refractivity contribution in [1.82, 2.24) is 0 Å². The lowest BCUT2D eigenvalue weighted by atomic mass is 10.2. The van der Waals surface area contributed by atoms with Gasteiger partial charge in [0.2, 0.25) is 6.08 Å². The first-order chi connectivity index (χ1) is 6.35. The predicted octanol–water partition coefficient (Wildman–Crippen LogP) is 2.05. The van der Waals surface area contributed by atoms with Gasteiger partial charge in [-0.25, -0.2) is 9.79 Å². The van der Waals surface area contributed by atoms with Crippen LogP contribution in [0.5, 0.6) is 0 Å². The summed E-state index contributed by atoms with van der Waals surface area (Å²) in [6.45, 7) is 1.87. The highest BCUT2D eigenvalue weighted by molar-refractivity contribution is 5.33. The lowest BCUT2D eigenvalue weighted by molar-refractivity contribution is 0.563. The first kappa shape index (κ1) is 11.1. The van der Waals surface area contributed by atoms with E-state index in [1.807, 2.05) is 30.3 Å². The van der Waals surface area contributed by atoms with E-state index in [2.05, 4.69) is 4.99 Å². The van der Waals surface area contributed by atoms with Crippen LogP contribution in [0.1, 0.15) is 12.5 Å². The quantitative estimate of drug-likeness (QED) is 0.509. The van der Waals surface area contributed by atoms with Crippen molar-refractivity contribution in [2.75, 3.05) is 0 Å². The molecule has 0 atom stereocenters. The fourth-order valence-corrected chi connectivity index (χ4v) is 0.707. The second-order valence-electron chi connectivity index (χ2n) is 2.12. The molecule has 0 amide bonds. The van der Waals surface area contributed by atoms with E-state index in [-0.39, 0.29) is 0 Å². The van der Waals surface area contributed by atoms with Crippen molar-refractivity contribution in [1.29, 1.82) is 5.26 Å². The maximum atomic E-state index is 9.69. The summed E-state index contributed by atoms with van der Waals surface area (Å²) in [5.74, 6) is 0. The van der Waals surface area contributed by atoms with Gasteiger partial charge in [-0.1, -0.05) is 30.3 Å². The number of aliphatic imine (C=N–C) groups is 1. The van der Waals surface area contributed by atoms with Gasteiger partial charge in [-0.15, -0.1) is 0 Å². The predicted molar refractivity (Wildman–Crippen MR) is 49.6 cm³/mol. The zero-order valence-electron chi connectivity index (χ0n) is 7.40. The Labute approximate surface area is 77.3 Å². The van der Waals surface area contributed by atoms with Gasteiger partial charge in [0.15, 0.2) is 0 Å². The molecule has 3 heteroatoms. The first-order valence-corrected chi connectivity index (χ1v) is 3.73. The molecular formula is C10H10N2O. The molecule has 0 bridgehead atoms. The monoisotopic (exact) mass is 174 g/mol. The molecule has 0 aromatic heterocycles. The van der Waals surface area contributed by atoms with Crippen LogP contribution in [-0.2, 0) is 11.3 Å². The Morgan fingerprint density at radius 3 is 2.38 bits per heavy atom. The lowest BCUT2D eigenvalue weighted by Crippen LogP contribution is -1.77. The molecule has 0 saturated carbocycles. The maximum absolute atomic E-state index is 9.69. The highest BCUT2D eigenvalue weighted by Crippen LogP contribution is 1.98. The van der Waals surface area contributed by atoms with Crippen molar-refractivity contribution < 1.29 is 4.79 Å². The molecule has 1 aromatic carbocycles. The van der Waals surface area contributed by atoms with E-state index in [1.54, 1.807) is 6.07 Å². The van der Waals surface area contributed by atoms with Crippen molar-refractivity contribution >= 4 is 6.08 Å². The van der Waals surface area contributed by atoms with Crippen molar-refractivity contribution in [3.63, 3.8) is 0 Å². The third kappa shape index (κ3) is 6.49. The molecule has 3 nitrogen and oxygen atoms in total. The molecule has 0 fully saturated rings. The van der Waals surface area contributed by atoms with Gasteiger partial charge in [-0.2, -0.15) is 5.26 Å². The smallest absolute Gasteiger partial charge is 0.211 e. The number of hydrogen-bond donors (Lipinski definition) is 0. The van der Waals surface area contributed by atoms with E-state index in [1.165, 1.54) is 13.0 Å². The Morgan fingerprint density at radius 2 is 1.92 bits per heavy atom. The van der Waals surface area contributed by atoms with Crippen LogP contribution < -0.4 is 0 Å². The Kier molecular flexibility index (Phi) is 6.99. The zero-order chi connectivity index (χ0) is 9.94. The molecule has 0 N–H and O–H groups in total. The summed E-state index contributed by atoms with van der Waals surface area (Å²) >= 11 is 0. The van der Waals surface area contributed by atoms with Crippen LogP contribution in [0.3, 0.4) is 0 Å².